The molecule has 17 heavy (non-hydrogen) atoms. The second-order valence-electron chi connectivity index (χ2n) is 3.74. The third kappa shape index (κ3) is 5.36. The number of aliphatic hydroxyl groups excluding tert-OH is 1. The highest BCUT2D eigenvalue weighted by Gasteiger charge is 2.06. The standard InChI is InChI=1S/C13H19NO3/c1-12(16)17-11-9-14(8-5-10-15)13-6-3-2-4-7-13/h2-4,6-7,15H,5,8-11H2,1H3. The molecule has 0 aromatic heterocycles. The lowest BCUT2D eigenvalue weighted by Gasteiger charge is -2.24. The molecule has 1 aromatic rings. The third-order valence-electron chi connectivity index (χ3n) is 2.37. The van der Waals surface area contributed by atoms with E-state index < -0.39 is 0 Å². The average Bonchev–Trinajstić information content (AvgIpc) is 2.34. The molecule has 1 aromatic carbocycles. The van der Waals surface area contributed by atoms with Crippen molar-refractivity contribution in [1.82, 2.24) is 0 Å². The lowest BCUT2D eigenvalue weighted by molar-refractivity contribution is -0.140. The van der Waals surface area contributed by atoms with Crippen molar-refractivity contribution >= 4 is 11.7 Å². The SMILES string of the molecule is CC(=O)OCCN(CCCO)c1ccccc1. The van der Waals surface area contributed by atoms with Crippen LogP contribution in [0.15, 0.2) is 30.3 Å². The molecule has 0 fully saturated rings. The first-order valence-electron chi connectivity index (χ1n) is 5.78. The second-order valence-corrected chi connectivity index (χ2v) is 3.74. The maximum atomic E-state index is 10.7. The van der Waals surface area contributed by atoms with Crippen LogP contribution in [0.5, 0.6) is 0 Å². The summed E-state index contributed by atoms with van der Waals surface area (Å²) < 4.78 is 4.93. The number of aliphatic hydroxyl groups is 1. The first kappa shape index (κ1) is 13.5. The van der Waals surface area contributed by atoms with E-state index in [0.717, 1.165) is 12.2 Å². The number of hydrogen-bond donors (Lipinski definition) is 1. The van der Waals surface area contributed by atoms with Crippen molar-refractivity contribution in [3.8, 4) is 0 Å². The summed E-state index contributed by atoms with van der Waals surface area (Å²) in [4.78, 5) is 12.8. The lowest BCUT2D eigenvalue weighted by atomic mass is 10.2. The van der Waals surface area contributed by atoms with Gasteiger partial charge >= 0.3 is 5.97 Å². The van der Waals surface area contributed by atoms with Crippen LogP contribution in [0.4, 0.5) is 5.69 Å². The van der Waals surface area contributed by atoms with E-state index in [2.05, 4.69) is 4.90 Å². The van der Waals surface area contributed by atoms with Gasteiger partial charge < -0.3 is 14.7 Å². The Morgan fingerprint density at radius 3 is 2.59 bits per heavy atom. The maximum absolute atomic E-state index is 10.7. The first-order valence-corrected chi connectivity index (χ1v) is 5.78. The number of rotatable bonds is 7. The third-order valence-corrected chi connectivity index (χ3v) is 2.37. The molecular weight excluding hydrogens is 218 g/mol. The second kappa shape index (κ2) is 7.68. The van der Waals surface area contributed by atoms with Gasteiger partial charge in [-0.05, 0) is 18.6 Å². The van der Waals surface area contributed by atoms with Crippen LogP contribution in [0.25, 0.3) is 0 Å². The summed E-state index contributed by atoms with van der Waals surface area (Å²) in [5.41, 5.74) is 1.08. The van der Waals surface area contributed by atoms with E-state index in [0.29, 0.717) is 19.6 Å². The molecule has 0 saturated carbocycles. The topological polar surface area (TPSA) is 49.8 Å². The van der Waals surface area contributed by atoms with Crippen molar-refractivity contribution in [3.05, 3.63) is 30.3 Å². The molecule has 4 nitrogen and oxygen atoms in total. The number of ether oxygens (including phenoxy) is 1. The Balaban J connectivity index is 2.51. The highest BCUT2D eigenvalue weighted by atomic mass is 16.5. The summed E-state index contributed by atoms with van der Waals surface area (Å²) >= 11 is 0. The van der Waals surface area contributed by atoms with Gasteiger partial charge in [0.05, 0.1) is 6.54 Å². The summed E-state index contributed by atoms with van der Waals surface area (Å²) in [6, 6.07) is 9.90. The smallest absolute Gasteiger partial charge is 0.302 e. The largest absolute Gasteiger partial charge is 0.464 e. The number of hydrogen-bond acceptors (Lipinski definition) is 4. The van der Waals surface area contributed by atoms with E-state index in [1.165, 1.54) is 6.92 Å². The summed E-state index contributed by atoms with van der Waals surface area (Å²) in [6.45, 7) is 3.33. The summed E-state index contributed by atoms with van der Waals surface area (Å²) in [7, 11) is 0. The number of para-hydroxylation sites is 1. The predicted octanol–water partition coefficient (Wildman–Crippen LogP) is 1.44. The van der Waals surface area contributed by atoms with Crippen LogP contribution in [0.3, 0.4) is 0 Å². The molecule has 0 spiro atoms. The molecule has 0 aliphatic rings. The van der Waals surface area contributed by atoms with Gasteiger partial charge in [0.2, 0.25) is 0 Å². The number of carbonyl (C=O) groups excluding carboxylic acids is 1. The summed E-state index contributed by atoms with van der Waals surface area (Å²) in [5.74, 6) is -0.264. The molecule has 0 heterocycles. The van der Waals surface area contributed by atoms with E-state index in [-0.39, 0.29) is 12.6 Å². The van der Waals surface area contributed by atoms with Crippen LogP contribution in [0.1, 0.15) is 13.3 Å². The number of carbonyl (C=O) groups is 1. The minimum Gasteiger partial charge on any atom is -0.464 e. The summed E-state index contributed by atoms with van der Waals surface area (Å²) in [6.07, 6.45) is 0.703. The highest BCUT2D eigenvalue weighted by Crippen LogP contribution is 2.13. The van der Waals surface area contributed by atoms with E-state index in [1.54, 1.807) is 0 Å². The van der Waals surface area contributed by atoms with Crippen molar-refractivity contribution < 1.29 is 14.6 Å². The van der Waals surface area contributed by atoms with Gasteiger partial charge in [0, 0.05) is 25.8 Å². The monoisotopic (exact) mass is 237 g/mol. The van der Waals surface area contributed by atoms with Crippen molar-refractivity contribution in [1.29, 1.82) is 0 Å². The van der Waals surface area contributed by atoms with Gasteiger partial charge in [-0.3, -0.25) is 4.79 Å². The molecule has 4 heteroatoms. The van der Waals surface area contributed by atoms with Crippen molar-refractivity contribution in [2.45, 2.75) is 13.3 Å². The molecule has 0 radical (unpaired) electrons. The van der Waals surface area contributed by atoms with Gasteiger partial charge in [-0.15, -0.1) is 0 Å². The Labute approximate surface area is 102 Å². The Hall–Kier alpha value is -1.55. The number of benzene rings is 1. The maximum Gasteiger partial charge on any atom is 0.302 e. The Morgan fingerprint density at radius 1 is 1.29 bits per heavy atom. The van der Waals surface area contributed by atoms with Gasteiger partial charge in [0.25, 0.3) is 0 Å². The molecule has 0 saturated heterocycles. The van der Waals surface area contributed by atoms with Gasteiger partial charge in [0.1, 0.15) is 6.61 Å². The Kier molecular flexibility index (Phi) is 6.10. The lowest BCUT2D eigenvalue weighted by Crippen LogP contribution is -2.29. The van der Waals surface area contributed by atoms with E-state index >= 15 is 0 Å². The molecule has 0 aliphatic carbocycles. The fourth-order valence-electron chi connectivity index (χ4n) is 1.57. The molecule has 1 rings (SSSR count). The van der Waals surface area contributed by atoms with E-state index in [1.807, 2.05) is 30.3 Å². The van der Waals surface area contributed by atoms with Gasteiger partial charge in [-0.25, -0.2) is 0 Å². The fourth-order valence-corrected chi connectivity index (χ4v) is 1.57. The normalized spacial score (nSPS) is 10.0. The molecule has 1 N–H and O–H groups in total. The van der Waals surface area contributed by atoms with Crippen LogP contribution >= 0.6 is 0 Å². The number of esters is 1. The van der Waals surface area contributed by atoms with Crippen molar-refractivity contribution in [2.75, 3.05) is 31.2 Å². The van der Waals surface area contributed by atoms with E-state index in [4.69, 9.17) is 9.84 Å². The highest BCUT2D eigenvalue weighted by molar-refractivity contribution is 5.65. The Bertz CT molecular complexity index is 327. The molecule has 0 bridgehead atoms. The minimum absolute atomic E-state index is 0.164. The van der Waals surface area contributed by atoms with E-state index in [9.17, 15) is 4.79 Å². The molecule has 0 atom stereocenters. The zero-order valence-corrected chi connectivity index (χ0v) is 10.1. The van der Waals surface area contributed by atoms with Crippen LogP contribution < -0.4 is 4.90 Å². The minimum atomic E-state index is -0.264. The van der Waals surface area contributed by atoms with Crippen LogP contribution in [-0.4, -0.2) is 37.4 Å². The zero-order chi connectivity index (χ0) is 12.5. The average molecular weight is 237 g/mol. The molecule has 0 unspecified atom stereocenters. The van der Waals surface area contributed by atoms with Crippen molar-refractivity contribution in [2.24, 2.45) is 0 Å². The van der Waals surface area contributed by atoms with Crippen LogP contribution in [0, 0.1) is 0 Å². The molecule has 0 amide bonds. The summed E-state index contributed by atoms with van der Waals surface area (Å²) in [5, 5.41) is 8.86. The number of anilines is 1. The Morgan fingerprint density at radius 2 is 2.00 bits per heavy atom. The van der Waals surface area contributed by atoms with Gasteiger partial charge in [0.15, 0.2) is 0 Å². The zero-order valence-electron chi connectivity index (χ0n) is 10.1. The molecule has 0 aliphatic heterocycles. The fraction of sp³-hybridized carbons (Fsp3) is 0.462. The van der Waals surface area contributed by atoms with Crippen LogP contribution in [-0.2, 0) is 9.53 Å². The quantitative estimate of drug-likeness (QED) is 0.729. The number of nitrogens with zero attached hydrogens (tertiary/aromatic N) is 1. The molecular formula is C13H19NO3. The van der Waals surface area contributed by atoms with Crippen molar-refractivity contribution in [3.63, 3.8) is 0 Å². The molecule has 94 valence electrons. The van der Waals surface area contributed by atoms with Crippen LogP contribution in [0.2, 0.25) is 0 Å². The first-order chi connectivity index (χ1) is 8.24. The van der Waals surface area contributed by atoms with Gasteiger partial charge in [-0.1, -0.05) is 18.2 Å². The van der Waals surface area contributed by atoms with Gasteiger partial charge in [-0.2, -0.15) is 0 Å². The predicted molar refractivity (Wildman–Crippen MR) is 67.0 cm³/mol.